The highest BCUT2D eigenvalue weighted by Crippen LogP contribution is 2.19. The van der Waals surface area contributed by atoms with Gasteiger partial charge in [-0.05, 0) is 45.0 Å². The summed E-state index contributed by atoms with van der Waals surface area (Å²) in [5.41, 5.74) is 7.64. The van der Waals surface area contributed by atoms with E-state index in [1.165, 1.54) is 5.56 Å². The van der Waals surface area contributed by atoms with Gasteiger partial charge in [-0.1, -0.05) is 17.7 Å². The molecule has 3 N–H and O–H groups in total. The Hall–Kier alpha value is -1.39. The molecule has 4 nitrogen and oxygen atoms in total. The van der Waals surface area contributed by atoms with Crippen molar-refractivity contribution in [2.45, 2.75) is 19.8 Å². The highest BCUT2D eigenvalue weighted by atomic mass is 16.1. The molecule has 0 radical (unpaired) electrons. The number of aryl methyl sites for hydroxylation is 1. The molecule has 0 spiro atoms. The fourth-order valence-electron chi connectivity index (χ4n) is 2.48. The number of benzene rings is 1. The van der Waals surface area contributed by atoms with Crippen LogP contribution in [0.3, 0.4) is 0 Å². The fourth-order valence-corrected chi connectivity index (χ4v) is 2.48. The molecule has 1 aromatic carbocycles. The second-order valence-corrected chi connectivity index (χ2v) is 5.26. The molecule has 0 aliphatic carbocycles. The van der Waals surface area contributed by atoms with Gasteiger partial charge in [-0.25, -0.2) is 0 Å². The second-order valence-electron chi connectivity index (χ2n) is 5.26. The molecule has 0 aromatic heterocycles. The van der Waals surface area contributed by atoms with Crippen molar-refractivity contribution in [2.24, 2.45) is 11.7 Å². The third-order valence-corrected chi connectivity index (χ3v) is 3.72. The molecule has 0 bridgehead atoms. The summed E-state index contributed by atoms with van der Waals surface area (Å²) in [7, 11) is 0. The number of anilines is 1. The zero-order valence-electron chi connectivity index (χ0n) is 11.6. The number of amides is 1. The van der Waals surface area contributed by atoms with E-state index in [1.54, 1.807) is 0 Å². The maximum Gasteiger partial charge on any atom is 0.227 e. The minimum absolute atomic E-state index is 0.135. The van der Waals surface area contributed by atoms with Crippen molar-refractivity contribution in [3.05, 3.63) is 29.8 Å². The van der Waals surface area contributed by atoms with E-state index in [0.29, 0.717) is 6.54 Å². The number of likely N-dealkylation sites (tertiary alicyclic amines) is 1. The number of nitrogens with one attached hydrogen (secondary N) is 1. The van der Waals surface area contributed by atoms with Crippen molar-refractivity contribution in [1.29, 1.82) is 0 Å². The number of carbonyl (C=O) groups is 1. The normalized spacial score (nSPS) is 17.4. The summed E-state index contributed by atoms with van der Waals surface area (Å²) in [5.74, 6) is 0.284. The first kappa shape index (κ1) is 14.0. The summed E-state index contributed by atoms with van der Waals surface area (Å²) < 4.78 is 0. The fraction of sp³-hybridized carbons (Fsp3) is 0.533. The zero-order valence-corrected chi connectivity index (χ0v) is 11.6. The van der Waals surface area contributed by atoms with Crippen LogP contribution in [0.4, 0.5) is 5.69 Å². The lowest BCUT2D eigenvalue weighted by Crippen LogP contribution is -2.40. The Morgan fingerprint density at radius 3 is 2.53 bits per heavy atom. The molecule has 0 unspecified atom stereocenters. The Kier molecular flexibility index (Phi) is 4.93. The monoisotopic (exact) mass is 261 g/mol. The molecule has 0 saturated carbocycles. The Morgan fingerprint density at radius 2 is 1.95 bits per heavy atom. The Labute approximate surface area is 115 Å². The van der Waals surface area contributed by atoms with E-state index in [9.17, 15) is 4.79 Å². The summed E-state index contributed by atoms with van der Waals surface area (Å²) in [6, 6.07) is 7.94. The van der Waals surface area contributed by atoms with Crippen LogP contribution in [0.25, 0.3) is 0 Å². The Bertz CT molecular complexity index is 408. The molecule has 19 heavy (non-hydrogen) atoms. The minimum Gasteiger partial charge on any atom is -0.329 e. The van der Waals surface area contributed by atoms with E-state index >= 15 is 0 Å². The molecule has 104 valence electrons. The molecule has 1 aromatic rings. The van der Waals surface area contributed by atoms with Crippen LogP contribution in [-0.4, -0.2) is 37.0 Å². The second kappa shape index (κ2) is 6.68. The van der Waals surface area contributed by atoms with Gasteiger partial charge in [0.2, 0.25) is 5.91 Å². The van der Waals surface area contributed by atoms with Crippen molar-refractivity contribution in [3.8, 4) is 0 Å². The number of nitrogens with two attached hydrogens (primary N) is 1. The zero-order chi connectivity index (χ0) is 13.7. The van der Waals surface area contributed by atoms with E-state index in [0.717, 1.165) is 38.2 Å². The summed E-state index contributed by atoms with van der Waals surface area (Å²) in [4.78, 5) is 14.5. The van der Waals surface area contributed by atoms with Gasteiger partial charge in [0.15, 0.2) is 0 Å². The van der Waals surface area contributed by atoms with Gasteiger partial charge in [0.1, 0.15) is 0 Å². The smallest absolute Gasteiger partial charge is 0.227 e. The number of rotatable bonds is 4. The quantitative estimate of drug-likeness (QED) is 0.865. The van der Waals surface area contributed by atoms with Gasteiger partial charge in [0, 0.05) is 24.7 Å². The third kappa shape index (κ3) is 4.04. The van der Waals surface area contributed by atoms with E-state index in [-0.39, 0.29) is 11.8 Å². The molecule has 2 rings (SSSR count). The Morgan fingerprint density at radius 1 is 1.32 bits per heavy atom. The van der Waals surface area contributed by atoms with Gasteiger partial charge in [-0.15, -0.1) is 0 Å². The molecule has 1 saturated heterocycles. The number of carbonyl (C=O) groups excluding carboxylic acids is 1. The minimum atomic E-state index is 0.135. The van der Waals surface area contributed by atoms with E-state index < -0.39 is 0 Å². The molecular weight excluding hydrogens is 238 g/mol. The van der Waals surface area contributed by atoms with Gasteiger partial charge in [0.05, 0.1) is 0 Å². The summed E-state index contributed by atoms with van der Waals surface area (Å²) in [6.07, 6.45) is 1.86. The van der Waals surface area contributed by atoms with Crippen LogP contribution in [-0.2, 0) is 4.79 Å². The molecule has 1 amide bonds. The number of hydrogen-bond acceptors (Lipinski definition) is 3. The van der Waals surface area contributed by atoms with E-state index in [1.807, 2.05) is 31.2 Å². The van der Waals surface area contributed by atoms with Crippen molar-refractivity contribution >= 4 is 11.6 Å². The first-order valence-electron chi connectivity index (χ1n) is 6.99. The summed E-state index contributed by atoms with van der Waals surface area (Å²) in [5, 5.41) is 3.00. The number of piperidine rings is 1. The highest BCUT2D eigenvalue weighted by molar-refractivity contribution is 5.92. The number of hydrogen-bond donors (Lipinski definition) is 2. The van der Waals surface area contributed by atoms with Crippen molar-refractivity contribution in [2.75, 3.05) is 31.5 Å². The van der Waals surface area contributed by atoms with Crippen LogP contribution in [0.5, 0.6) is 0 Å². The lowest BCUT2D eigenvalue weighted by molar-refractivity contribution is -0.121. The largest absolute Gasteiger partial charge is 0.329 e. The van der Waals surface area contributed by atoms with Crippen molar-refractivity contribution in [1.82, 2.24) is 4.90 Å². The average Bonchev–Trinajstić information content (AvgIpc) is 2.42. The van der Waals surface area contributed by atoms with E-state index in [2.05, 4.69) is 10.2 Å². The van der Waals surface area contributed by atoms with Gasteiger partial charge >= 0.3 is 0 Å². The SMILES string of the molecule is Cc1ccc(NC(=O)C2CCN(CCN)CC2)cc1. The first-order chi connectivity index (χ1) is 9.19. The van der Waals surface area contributed by atoms with Crippen LogP contribution in [0.1, 0.15) is 18.4 Å². The summed E-state index contributed by atoms with van der Waals surface area (Å²) in [6.45, 7) is 5.62. The topological polar surface area (TPSA) is 58.4 Å². The van der Waals surface area contributed by atoms with Gasteiger partial charge in [0.25, 0.3) is 0 Å². The van der Waals surface area contributed by atoms with Gasteiger partial charge in [-0.3, -0.25) is 4.79 Å². The first-order valence-corrected chi connectivity index (χ1v) is 6.99. The molecule has 0 atom stereocenters. The standard InChI is InChI=1S/C15H23N3O/c1-12-2-4-14(5-3-12)17-15(19)13-6-9-18(10-7-13)11-8-16/h2-5,13H,6-11,16H2,1H3,(H,17,19). The Balaban J connectivity index is 1.83. The molecule has 1 aliphatic heterocycles. The van der Waals surface area contributed by atoms with Gasteiger partial charge in [-0.2, -0.15) is 0 Å². The summed E-state index contributed by atoms with van der Waals surface area (Å²) >= 11 is 0. The molecule has 1 fully saturated rings. The predicted octanol–water partition coefficient (Wildman–Crippen LogP) is 1.60. The maximum absolute atomic E-state index is 12.2. The van der Waals surface area contributed by atoms with Crippen LogP contribution in [0.2, 0.25) is 0 Å². The van der Waals surface area contributed by atoms with Crippen LogP contribution >= 0.6 is 0 Å². The molecular formula is C15H23N3O. The molecule has 4 heteroatoms. The lowest BCUT2D eigenvalue weighted by atomic mass is 9.96. The average molecular weight is 261 g/mol. The van der Waals surface area contributed by atoms with Crippen molar-refractivity contribution < 1.29 is 4.79 Å². The number of nitrogens with zero attached hydrogens (tertiary/aromatic N) is 1. The molecule has 1 aliphatic rings. The lowest BCUT2D eigenvalue weighted by Gasteiger charge is -2.30. The maximum atomic E-state index is 12.2. The van der Waals surface area contributed by atoms with Crippen molar-refractivity contribution in [3.63, 3.8) is 0 Å². The van der Waals surface area contributed by atoms with Crippen LogP contribution < -0.4 is 11.1 Å². The molecule has 1 heterocycles. The predicted molar refractivity (Wildman–Crippen MR) is 78.0 cm³/mol. The van der Waals surface area contributed by atoms with E-state index in [4.69, 9.17) is 5.73 Å². The van der Waals surface area contributed by atoms with Crippen LogP contribution in [0.15, 0.2) is 24.3 Å². The van der Waals surface area contributed by atoms with Crippen LogP contribution in [0, 0.1) is 12.8 Å². The highest BCUT2D eigenvalue weighted by Gasteiger charge is 2.24. The van der Waals surface area contributed by atoms with Gasteiger partial charge < -0.3 is 16.0 Å². The third-order valence-electron chi connectivity index (χ3n) is 3.72.